The molecule has 0 aliphatic carbocycles. The fraction of sp³-hybridized carbons (Fsp3) is 0.350. The average molecular weight is 381 g/mol. The van der Waals surface area contributed by atoms with E-state index in [1.54, 1.807) is 19.2 Å². The van der Waals surface area contributed by atoms with Crippen LogP contribution in [0.3, 0.4) is 0 Å². The summed E-state index contributed by atoms with van der Waals surface area (Å²) in [5, 5.41) is 10.9. The maximum absolute atomic E-state index is 10.9. The molecule has 2 heterocycles. The van der Waals surface area contributed by atoms with Crippen LogP contribution in [0.25, 0.3) is 11.0 Å². The number of fused-ring (bicyclic) bond motifs is 1. The van der Waals surface area contributed by atoms with Crippen molar-refractivity contribution < 1.29 is 9.66 Å². The molecule has 1 aromatic heterocycles. The van der Waals surface area contributed by atoms with Gasteiger partial charge in [0.25, 0.3) is 5.69 Å². The first kappa shape index (κ1) is 18.4. The highest BCUT2D eigenvalue weighted by Gasteiger charge is 2.19. The van der Waals surface area contributed by atoms with E-state index in [0.717, 1.165) is 67.4 Å². The van der Waals surface area contributed by atoms with Crippen LogP contribution in [0, 0.1) is 10.1 Å². The molecule has 0 bridgehead atoms. The molecule has 0 saturated carbocycles. The van der Waals surface area contributed by atoms with E-state index in [-0.39, 0.29) is 10.6 Å². The SMILES string of the molecule is COc1ccc2nc(CN3CCN(Cc4cccc([N+](=O)[O-])c4)CC3)[nH]c2c1. The van der Waals surface area contributed by atoms with Gasteiger partial charge in [-0.15, -0.1) is 0 Å². The largest absolute Gasteiger partial charge is 0.497 e. The molecule has 8 nitrogen and oxygen atoms in total. The minimum atomic E-state index is -0.343. The molecule has 1 aliphatic rings. The summed E-state index contributed by atoms with van der Waals surface area (Å²) in [7, 11) is 1.66. The summed E-state index contributed by atoms with van der Waals surface area (Å²) in [6.45, 7) is 5.25. The number of aromatic amines is 1. The fourth-order valence-electron chi connectivity index (χ4n) is 3.59. The van der Waals surface area contributed by atoms with Crippen molar-refractivity contribution in [2.45, 2.75) is 13.1 Å². The number of methoxy groups -OCH3 is 1. The number of nitro groups is 1. The summed E-state index contributed by atoms with van der Waals surface area (Å²) >= 11 is 0. The van der Waals surface area contributed by atoms with Crippen LogP contribution in [0.4, 0.5) is 5.69 Å². The van der Waals surface area contributed by atoms with Crippen molar-refractivity contribution in [1.82, 2.24) is 19.8 Å². The zero-order valence-corrected chi connectivity index (χ0v) is 15.8. The normalized spacial score (nSPS) is 15.8. The number of nitro benzene ring substituents is 1. The van der Waals surface area contributed by atoms with E-state index in [0.29, 0.717) is 0 Å². The molecule has 146 valence electrons. The number of nitrogens with one attached hydrogen (secondary N) is 1. The highest BCUT2D eigenvalue weighted by Crippen LogP contribution is 2.20. The van der Waals surface area contributed by atoms with Gasteiger partial charge in [0.1, 0.15) is 11.6 Å². The number of non-ortho nitro benzene ring substituents is 1. The number of aromatic nitrogens is 2. The van der Waals surface area contributed by atoms with Crippen LogP contribution in [-0.2, 0) is 13.1 Å². The molecule has 2 aromatic carbocycles. The molecule has 28 heavy (non-hydrogen) atoms. The molecular weight excluding hydrogens is 358 g/mol. The van der Waals surface area contributed by atoms with Gasteiger partial charge in [-0.25, -0.2) is 4.98 Å². The van der Waals surface area contributed by atoms with Crippen LogP contribution in [0.15, 0.2) is 42.5 Å². The first-order chi connectivity index (χ1) is 13.6. The minimum absolute atomic E-state index is 0.151. The van der Waals surface area contributed by atoms with Crippen molar-refractivity contribution in [3.05, 3.63) is 64.0 Å². The molecular formula is C20H23N5O3. The van der Waals surface area contributed by atoms with E-state index in [9.17, 15) is 10.1 Å². The van der Waals surface area contributed by atoms with Gasteiger partial charge in [0.15, 0.2) is 0 Å². The van der Waals surface area contributed by atoms with Gasteiger partial charge in [-0.2, -0.15) is 0 Å². The molecule has 0 atom stereocenters. The summed E-state index contributed by atoms with van der Waals surface area (Å²) < 4.78 is 5.26. The van der Waals surface area contributed by atoms with Gasteiger partial charge < -0.3 is 9.72 Å². The monoisotopic (exact) mass is 381 g/mol. The Morgan fingerprint density at radius 1 is 1.11 bits per heavy atom. The number of ether oxygens (including phenoxy) is 1. The van der Waals surface area contributed by atoms with Gasteiger partial charge in [-0.3, -0.25) is 19.9 Å². The molecule has 0 radical (unpaired) electrons. The number of imidazole rings is 1. The first-order valence-corrected chi connectivity index (χ1v) is 9.31. The Balaban J connectivity index is 1.33. The highest BCUT2D eigenvalue weighted by atomic mass is 16.6. The third-order valence-corrected chi connectivity index (χ3v) is 5.10. The van der Waals surface area contributed by atoms with E-state index in [2.05, 4.69) is 19.8 Å². The van der Waals surface area contributed by atoms with Gasteiger partial charge in [0.05, 0.1) is 29.6 Å². The number of hydrogen-bond acceptors (Lipinski definition) is 6. The molecule has 1 fully saturated rings. The Morgan fingerprint density at radius 2 is 1.86 bits per heavy atom. The molecule has 8 heteroatoms. The predicted octanol–water partition coefficient (Wildman–Crippen LogP) is 2.80. The van der Waals surface area contributed by atoms with Crippen LogP contribution in [-0.4, -0.2) is 58.0 Å². The molecule has 1 N–H and O–H groups in total. The number of nitrogens with zero attached hydrogens (tertiary/aromatic N) is 4. The van der Waals surface area contributed by atoms with Crippen molar-refractivity contribution in [3.8, 4) is 5.75 Å². The quantitative estimate of drug-likeness (QED) is 0.522. The lowest BCUT2D eigenvalue weighted by Crippen LogP contribution is -2.45. The van der Waals surface area contributed by atoms with Crippen LogP contribution in [0.1, 0.15) is 11.4 Å². The Labute approximate surface area is 162 Å². The van der Waals surface area contributed by atoms with Gasteiger partial charge >= 0.3 is 0 Å². The summed E-state index contributed by atoms with van der Waals surface area (Å²) in [5.41, 5.74) is 3.06. The number of hydrogen-bond donors (Lipinski definition) is 1. The lowest BCUT2D eigenvalue weighted by Gasteiger charge is -2.34. The smallest absolute Gasteiger partial charge is 0.269 e. The molecule has 0 unspecified atom stereocenters. The number of rotatable bonds is 6. The molecule has 0 spiro atoms. The fourth-order valence-corrected chi connectivity index (χ4v) is 3.59. The van der Waals surface area contributed by atoms with E-state index in [1.165, 1.54) is 6.07 Å². The predicted molar refractivity (Wildman–Crippen MR) is 106 cm³/mol. The second-order valence-corrected chi connectivity index (χ2v) is 7.05. The van der Waals surface area contributed by atoms with Crippen LogP contribution < -0.4 is 4.74 Å². The highest BCUT2D eigenvalue weighted by molar-refractivity contribution is 5.76. The third kappa shape index (κ3) is 4.13. The summed E-state index contributed by atoms with van der Waals surface area (Å²) in [6.07, 6.45) is 0. The van der Waals surface area contributed by atoms with Crippen LogP contribution in [0.5, 0.6) is 5.75 Å². The number of benzene rings is 2. The van der Waals surface area contributed by atoms with Gasteiger partial charge in [0.2, 0.25) is 0 Å². The van der Waals surface area contributed by atoms with Crippen molar-refractivity contribution >= 4 is 16.7 Å². The van der Waals surface area contributed by atoms with E-state index in [1.807, 2.05) is 24.3 Å². The van der Waals surface area contributed by atoms with Gasteiger partial charge in [-0.05, 0) is 17.7 Å². The maximum Gasteiger partial charge on any atom is 0.269 e. The van der Waals surface area contributed by atoms with Crippen molar-refractivity contribution in [2.75, 3.05) is 33.3 Å². The molecule has 1 aliphatic heterocycles. The molecule has 0 amide bonds. The zero-order valence-electron chi connectivity index (χ0n) is 15.8. The van der Waals surface area contributed by atoms with E-state index in [4.69, 9.17) is 4.74 Å². The Hall–Kier alpha value is -2.97. The number of piperazine rings is 1. The lowest BCUT2D eigenvalue weighted by atomic mass is 10.1. The van der Waals surface area contributed by atoms with Crippen LogP contribution in [0.2, 0.25) is 0 Å². The summed E-state index contributed by atoms with van der Waals surface area (Å²) in [6, 6.07) is 12.7. The summed E-state index contributed by atoms with van der Waals surface area (Å²) in [4.78, 5) is 23.3. The van der Waals surface area contributed by atoms with Gasteiger partial charge in [-0.1, -0.05) is 12.1 Å². The average Bonchev–Trinajstić information content (AvgIpc) is 3.11. The Bertz CT molecular complexity index is 979. The Morgan fingerprint density at radius 3 is 2.57 bits per heavy atom. The molecule has 1 saturated heterocycles. The molecule has 4 rings (SSSR count). The standard InChI is InChI=1S/C20H23N5O3/c1-28-17-5-6-18-19(12-17)22-20(21-18)14-24-9-7-23(8-10-24)13-15-3-2-4-16(11-15)25(26)27/h2-6,11-12H,7-10,13-14H2,1H3,(H,21,22). The van der Waals surface area contributed by atoms with E-state index < -0.39 is 0 Å². The van der Waals surface area contributed by atoms with Gasteiger partial charge in [0, 0.05) is 50.9 Å². The molecule has 3 aromatic rings. The summed E-state index contributed by atoms with van der Waals surface area (Å²) in [5.74, 6) is 1.77. The van der Waals surface area contributed by atoms with E-state index >= 15 is 0 Å². The van der Waals surface area contributed by atoms with Crippen molar-refractivity contribution in [3.63, 3.8) is 0 Å². The third-order valence-electron chi connectivity index (χ3n) is 5.10. The first-order valence-electron chi connectivity index (χ1n) is 9.31. The second-order valence-electron chi connectivity index (χ2n) is 7.05. The van der Waals surface area contributed by atoms with Crippen LogP contribution >= 0.6 is 0 Å². The Kier molecular flexibility index (Phi) is 5.23. The zero-order chi connectivity index (χ0) is 19.5. The minimum Gasteiger partial charge on any atom is -0.497 e. The van der Waals surface area contributed by atoms with Crippen molar-refractivity contribution in [1.29, 1.82) is 0 Å². The number of H-pyrrole nitrogens is 1. The second kappa shape index (κ2) is 7.95. The lowest BCUT2D eigenvalue weighted by molar-refractivity contribution is -0.384. The van der Waals surface area contributed by atoms with Crippen molar-refractivity contribution in [2.24, 2.45) is 0 Å². The topological polar surface area (TPSA) is 87.5 Å². The maximum atomic E-state index is 10.9.